The van der Waals surface area contributed by atoms with E-state index in [1.807, 2.05) is 19.1 Å². The van der Waals surface area contributed by atoms with Gasteiger partial charge in [-0.3, -0.25) is 4.99 Å². The van der Waals surface area contributed by atoms with Gasteiger partial charge in [-0.25, -0.2) is 4.99 Å². The molecule has 6 heteroatoms. The normalized spacial score (nSPS) is 17.5. The Labute approximate surface area is 115 Å². The first-order valence-corrected chi connectivity index (χ1v) is 6.39. The second kappa shape index (κ2) is 4.37. The van der Waals surface area contributed by atoms with Crippen molar-refractivity contribution >= 4 is 45.7 Å². The molecule has 0 saturated heterocycles. The molecule has 0 spiro atoms. The van der Waals surface area contributed by atoms with Crippen molar-refractivity contribution < 1.29 is 0 Å². The maximum Gasteiger partial charge on any atom is 0.226 e. The molecular formula is C12H10Cl2N4. The van der Waals surface area contributed by atoms with Gasteiger partial charge in [-0.1, -0.05) is 18.5 Å². The monoisotopic (exact) mass is 280 g/mol. The molecule has 18 heavy (non-hydrogen) atoms. The smallest absolute Gasteiger partial charge is 0.226 e. The number of hydrogen-bond acceptors (Lipinski definition) is 4. The van der Waals surface area contributed by atoms with Gasteiger partial charge in [0.05, 0.1) is 17.9 Å². The van der Waals surface area contributed by atoms with Crippen LogP contribution in [0.25, 0.3) is 0 Å². The fraction of sp³-hybridized carbons (Fsp3) is 0.250. The molecule has 0 atom stereocenters. The first-order chi connectivity index (χ1) is 8.69. The lowest BCUT2D eigenvalue weighted by Gasteiger charge is -2.28. The first-order valence-electron chi connectivity index (χ1n) is 5.64. The second-order valence-electron chi connectivity index (χ2n) is 4.01. The van der Waals surface area contributed by atoms with Gasteiger partial charge in [-0.05, 0) is 36.2 Å². The van der Waals surface area contributed by atoms with E-state index in [9.17, 15) is 0 Å². The van der Waals surface area contributed by atoms with E-state index in [0.29, 0.717) is 22.7 Å². The summed E-state index contributed by atoms with van der Waals surface area (Å²) in [5, 5.41) is 6.98. The van der Waals surface area contributed by atoms with E-state index in [2.05, 4.69) is 15.1 Å². The zero-order chi connectivity index (χ0) is 12.7. The fourth-order valence-electron chi connectivity index (χ4n) is 1.90. The average molecular weight is 281 g/mol. The lowest BCUT2D eigenvalue weighted by Crippen LogP contribution is -2.37. The summed E-state index contributed by atoms with van der Waals surface area (Å²) in [6, 6.07) is 5.45. The van der Waals surface area contributed by atoms with E-state index in [0.717, 1.165) is 23.4 Å². The molecule has 0 radical (unpaired) electrons. The van der Waals surface area contributed by atoms with Gasteiger partial charge >= 0.3 is 0 Å². The van der Waals surface area contributed by atoms with Crippen LogP contribution in [-0.2, 0) is 0 Å². The van der Waals surface area contributed by atoms with Crippen LogP contribution in [0.3, 0.4) is 0 Å². The molecule has 92 valence electrons. The maximum absolute atomic E-state index is 6.14. The molecule has 1 aromatic rings. The van der Waals surface area contributed by atoms with Crippen molar-refractivity contribution in [1.29, 1.82) is 0 Å². The summed E-state index contributed by atoms with van der Waals surface area (Å²) >= 11 is 12.1. The Morgan fingerprint density at radius 2 is 2.17 bits per heavy atom. The quantitative estimate of drug-likeness (QED) is 0.727. The molecule has 4 nitrogen and oxygen atoms in total. The van der Waals surface area contributed by atoms with Crippen molar-refractivity contribution in [2.45, 2.75) is 13.3 Å². The third kappa shape index (κ3) is 1.82. The number of hydrogen-bond donors (Lipinski definition) is 0. The summed E-state index contributed by atoms with van der Waals surface area (Å²) in [7, 11) is 0. The molecule has 2 aliphatic rings. The van der Waals surface area contributed by atoms with Crippen LogP contribution in [0.1, 0.15) is 18.9 Å². The molecule has 3 rings (SSSR count). The molecule has 2 heterocycles. The molecule has 0 saturated carbocycles. The van der Waals surface area contributed by atoms with Crippen LogP contribution >= 0.6 is 23.2 Å². The molecule has 0 bridgehead atoms. The first kappa shape index (κ1) is 11.7. The predicted octanol–water partition coefficient (Wildman–Crippen LogP) is 3.41. The van der Waals surface area contributed by atoms with Gasteiger partial charge in [0, 0.05) is 10.6 Å². The Kier molecular flexibility index (Phi) is 2.84. The van der Waals surface area contributed by atoms with Gasteiger partial charge in [0.15, 0.2) is 5.84 Å². The minimum absolute atomic E-state index is 0.314. The Hall–Kier alpha value is -1.39. The topological polar surface area (TPSA) is 40.3 Å². The third-order valence-electron chi connectivity index (χ3n) is 2.85. The van der Waals surface area contributed by atoms with Crippen molar-refractivity contribution in [2.75, 3.05) is 6.54 Å². The molecule has 0 N–H and O–H groups in total. The van der Waals surface area contributed by atoms with Crippen LogP contribution in [0.4, 0.5) is 5.69 Å². The summed E-state index contributed by atoms with van der Waals surface area (Å²) < 4.78 is 0. The number of fused-ring (bicyclic) bond motifs is 3. The summed E-state index contributed by atoms with van der Waals surface area (Å²) in [6.07, 6.45) is 0.847. The molecule has 0 aliphatic carbocycles. The van der Waals surface area contributed by atoms with Gasteiger partial charge < -0.3 is 0 Å². The van der Waals surface area contributed by atoms with Crippen LogP contribution in [-0.4, -0.2) is 28.4 Å². The molecule has 0 amide bonds. The van der Waals surface area contributed by atoms with Gasteiger partial charge in [0.1, 0.15) is 0 Å². The van der Waals surface area contributed by atoms with Gasteiger partial charge in [0.2, 0.25) is 5.29 Å². The van der Waals surface area contributed by atoms with Gasteiger partial charge in [-0.15, -0.1) is 0 Å². The molecular weight excluding hydrogens is 271 g/mol. The molecule has 0 unspecified atom stereocenters. The van der Waals surface area contributed by atoms with Gasteiger partial charge in [0.25, 0.3) is 0 Å². The Morgan fingerprint density at radius 1 is 1.33 bits per heavy atom. The van der Waals surface area contributed by atoms with E-state index in [4.69, 9.17) is 23.2 Å². The highest BCUT2D eigenvalue weighted by Gasteiger charge is 2.28. The largest absolute Gasteiger partial charge is 0.260 e. The highest BCUT2D eigenvalue weighted by atomic mass is 35.5. The summed E-state index contributed by atoms with van der Waals surface area (Å²) in [6.45, 7) is 2.64. The fourth-order valence-corrected chi connectivity index (χ4v) is 2.28. The zero-order valence-corrected chi connectivity index (χ0v) is 11.2. The summed E-state index contributed by atoms with van der Waals surface area (Å²) in [5.41, 5.74) is 2.62. The van der Waals surface area contributed by atoms with Crippen molar-refractivity contribution in [2.24, 2.45) is 15.1 Å². The second-order valence-corrected chi connectivity index (χ2v) is 4.79. The number of benzene rings is 1. The molecule has 1 aromatic carbocycles. The Bertz CT molecular complexity index is 604. The van der Waals surface area contributed by atoms with Crippen molar-refractivity contribution in [3.63, 3.8) is 0 Å². The lowest BCUT2D eigenvalue weighted by molar-refractivity contribution is 0.645. The Balaban J connectivity index is 2.14. The van der Waals surface area contributed by atoms with Crippen molar-refractivity contribution in [3.05, 3.63) is 28.8 Å². The van der Waals surface area contributed by atoms with Crippen LogP contribution in [0.15, 0.2) is 33.3 Å². The standard InChI is InChI=1S/C12H10Cl2N4/c1-2-8-6-15-11-9-5-7(13)3-4-10(9)16-12(14)18(11)17-8/h3-5H,2,6H2,1H3. The lowest BCUT2D eigenvalue weighted by atomic mass is 10.1. The van der Waals surface area contributed by atoms with Crippen LogP contribution in [0.2, 0.25) is 5.02 Å². The average Bonchev–Trinajstić information content (AvgIpc) is 2.39. The minimum Gasteiger partial charge on any atom is -0.260 e. The molecule has 0 fully saturated rings. The SMILES string of the molecule is CCC1=NN2C(Cl)=Nc3ccc(Cl)cc3C2=NC1. The van der Waals surface area contributed by atoms with Crippen LogP contribution in [0.5, 0.6) is 0 Å². The van der Waals surface area contributed by atoms with E-state index in [-0.39, 0.29) is 0 Å². The van der Waals surface area contributed by atoms with Crippen molar-refractivity contribution in [3.8, 4) is 0 Å². The van der Waals surface area contributed by atoms with E-state index >= 15 is 0 Å². The number of halogens is 2. The van der Waals surface area contributed by atoms with Gasteiger partial charge in [-0.2, -0.15) is 10.1 Å². The van der Waals surface area contributed by atoms with E-state index < -0.39 is 0 Å². The highest BCUT2D eigenvalue weighted by Crippen LogP contribution is 2.31. The number of hydrazone groups is 1. The maximum atomic E-state index is 6.14. The van der Waals surface area contributed by atoms with Crippen LogP contribution in [0, 0.1) is 0 Å². The predicted molar refractivity (Wildman–Crippen MR) is 75.4 cm³/mol. The molecule has 0 aromatic heterocycles. The van der Waals surface area contributed by atoms with E-state index in [1.54, 1.807) is 11.1 Å². The van der Waals surface area contributed by atoms with E-state index in [1.165, 1.54) is 0 Å². The zero-order valence-electron chi connectivity index (χ0n) is 9.69. The Morgan fingerprint density at radius 3 is 2.94 bits per heavy atom. The summed E-state index contributed by atoms with van der Waals surface area (Å²) in [4.78, 5) is 8.83. The minimum atomic E-state index is 0.314. The number of rotatable bonds is 1. The number of aliphatic imine (C=N–C) groups is 2. The van der Waals surface area contributed by atoms with Crippen LogP contribution < -0.4 is 0 Å². The highest BCUT2D eigenvalue weighted by molar-refractivity contribution is 6.66. The number of nitrogens with zero attached hydrogens (tertiary/aromatic N) is 4. The molecule has 2 aliphatic heterocycles. The third-order valence-corrected chi connectivity index (χ3v) is 3.33. The summed E-state index contributed by atoms with van der Waals surface area (Å²) in [5.74, 6) is 0.713. The van der Waals surface area contributed by atoms with Crippen molar-refractivity contribution in [1.82, 2.24) is 5.01 Å². The number of amidine groups is 2.